The quantitative estimate of drug-likeness (QED) is 0.679. The third kappa shape index (κ3) is 3.05. The van der Waals surface area contributed by atoms with Gasteiger partial charge in [-0.15, -0.1) is 0 Å². The fourth-order valence-electron chi connectivity index (χ4n) is 3.45. The molecule has 0 aromatic heterocycles. The van der Waals surface area contributed by atoms with Gasteiger partial charge < -0.3 is 4.90 Å². The summed E-state index contributed by atoms with van der Waals surface area (Å²) in [6.45, 7) is 0.566. The van der Waals surface area contributed by atoms with Crippen LogP contribution in [0, 0.1) is 5.82 Å². The SMILES string of the molecule is O=C1C(Cc2ccc(F)cc2)c2ccccc2N1Cc1ccccc1. The minimum absolute atomic E-state index is 0.106. The average Bonchev–Trinajstić information content (AvgIpc) is 2.90. The van der Waals surface area contributed by atoms with Gasteiger partial charge in [0.15, 0.2) is 0 Å². The highest BCUT2D eigenvalue weighted by Crippen LogP contribution is 2.39. The van der Waals surface area contributed by atoms with Gasteiger partial charge >= 0.3 is 0 Å². The molecule has 1 heterocycles. The molecule has 0 N–H and O–H groups in total. The van der Waals surface area contributed by atoms with Crippen molar-refractivity contribution in [2.75, 3.05) is 4.90 Å². The van der Waals surface area contributed by atoms with E-state index < -0.39 is 0 Å². The summed E-state index contributed by atoms with van der Waals surface area (Å²) >= 11 is 0. The molecule has 1 amide bonds. The molecule has 124 valence electrons. The summed E-state index contributed by atoms with van der Waals surface area (Å²) in [5.41, 5.74) is 4.10. The maximum atomic E-state index is 13.1. The topological polar surface area (TPSA) is 20.3 Å². The van der Waals surface area contributed by atoms with Gasteiger partial charge in [0.2, 0.25) is 5.91 Å². The van der Waals surface area contributed by atoms with Gasteiger partial charge in [0.1, 0.15) is 5.82 Å². The standard InChI is InChI=1S/C22H18FNO/c23-18-12-10-16(11-13-18)14-20-19-8-4-5-9-21(19)24(22(20)25)15-17-6-2-1-3-7-17/h1-13,20H,14-15H2. The Hall–Kier alpha value is -2.94. The van der Waals surface area contributed by atoms with Gasteiger partial charge in [-0.05, 0) is 41.3 Å². The summed E-state index contributed by atoms with van der Waals surface area (Å²) in [6, 6.07) is 24.4. The van der Waals surface area contributed by atoms with Crippen molar-refractivity contribution in [3.8, 4) is 0 Å². The number of benzene rings is 3. The molecule has 0 bridgehead atoms. The van der Waals surface area contributed by atoms with Gasteiger partial charge in [-0.25, -0.2) is 4.39 Å². The molecule has 0 fully saturated rings. The van der Waals surface area contributed by atoms with E-state index >= 15 is 0 Å². The highest BCUT2D eigenvalue weighted by molar-refractivity contribution is 6.05. The van der Waals surface area contributed by atoms with Crippen molar-refractivity contribution >= 4 is 11.6 Å². The van der Waals surface area contributed by atoms with Gasteiger partial charge in [0.25, 0.3) is 0 Å². The predicted molar refractivity (Wildman–Crippen MR) is 96.9 cm³/mol. The second-order valence-electron chi connectivity index (χ2n) is 6.35. The zero-order valence-corrected chi connectivity index (χ0v) is 13.7. The van der Waals surface area contributed by atoms with E-state index in [0.717, 1.165) is 22.4 Å². The molecule has 0 saturated heterocycles. The Morgan fingerprint density at radius 3 is 2.24 bits per heavy atom. The van der Waals surface area contributed by atoms with E-state index in [1.165, 1.54) is 12.1 Å². The number of nitrogens with zero attached hydrogens (tertiary/aromatic N) is 1. The number of fused-ring (bicyclic) bond motifs is 1. The molecule has 3 aromatic rings. The van der Waals surface area contributed by atoms with E-state index in [1.807, 2.05) is 59.5 Å². The van der Waals surface area contributed by atoms with Crippen molar-refractivity contribution in [2.45, 2.75) is 18.9 Å². The molecule has 3 aromatic carbocycles. The number of anilines is 1. The van der Waals surface area contributed by atoms with Crippen LogP contribution in [0.1, 0.15) is 22.6 Å². The number of amides is 1. The maximum Gasteiger partial charge on any atom is 0.235 e. The summed E-state index contributed by atoms with van der Waals surface area (Å²) < 4.78 is 13.1. The van der Waals surface area contributed by atoms with Crippen LogP contribution < -0.4 is 4.90 Å². The van der Waals surface area contributed by atoms with E-state index in [0.29, 0.717) is 13.0 Å². The summed E-state index contributed by atoms with van der Waals surface area (Å²) in [5, 5.41) is 0. The molecule has 1 unspecified atom stereocenters. The second-order valence-corrected chi connectivity index (χ2v) is 6.35. The Morgan fingerprint density at radius 1 is 0.800 bits per heavy atom. The summed E-state index contributed by atoms with van der Waals surface area (Å²) in [7, 11) is 0. The third-order valence-electron chi connectivity index (χ3n) is 4.70. The number of carbonyl (C=O) groups excluding carboxylic acids is 1. The molecular formula is C22H18FNO. The molecule has 1 aliphatic heterocycles. The van der Waals surface area contributed by atoms with Crippen LogP contribution in [-0.2, 0) is 17.8 Å². The Bertz CT molecular complexity index is 889. The van der Waals surface area contributed by atoms with E-state index in [2.05, 4.69) is 0 Å². The first-order valence-electron chi connectivity index (χ1n) is 8.41. The Kier molecular flexibility index (Phi) is 4.06. The number of rotatable bonds is 4. The van der Waals surface area contributed by atoms with Crippen molar-refractivity contribution in [1.82, 2.24) is 0 Å². The zero-order chi connectivity index (χ0) is 17.2. The summed E-state index contributed by atoms with van der Waals surface area (Å²) in [6.07, 6.45) is 0.585. The van der Waals surface area contributed by atoms with Crippen LogP contribution in [-0.4, -0.2) is 5.91 Å². The van der Waals surface area contributed by atoms with E-state index in [9.17, 15) is 9.18 Å². The summed E-state index contributed by atoms with van der Waals surface area (Å²) in [5.74, 6) is -0.368. The van der Waals surface area contributed by atoms with Gasteiger partial charge in [-0.1, -0.05) is 60.7 Å². The smallest absolute Gasteiger partial charge is 0.235 e. The van der Waals surface area contributed by atoms with Gasteiger partial charge in [-0.2, -0.15) is 0 Å². The molecular weight excluding hydrogens is 313 g/mol. The van der Waals surface area contributed by atoms with Crippen LogP contribution in [0.3, 0.4) is 0 Å². The normalized spacial score (nSPS) is 16.1. The monoisotopic (exact) mass is 331 g/mol. The number of hydrogen-bond donors (Lipinski definition) is 0. The fraction of sp³-hybridized carbons (Fsp3) is 0.136. The van der Waals surface area contributed by atoms with Crippen molar-refractivity contribution in [1.29, 1.82) is 0 Å². The van der Waals surface area contributed by atoms with Crippen molar-refractivity contribution in [2.24, 2.45) is 0 Å². The highest BCUT2D eigenvalue weighted by Gasteiger charge is 2.36. The first-order valence-corrected chi connectivity index (χ1v) is 8.41. The molecule has 1 atom stereocenters. The van der Waals surface area contributed by atoms with E-state index in [1.54, 1.807) is 12.1 Å². The van der Waals surface area contributed by atoms with Crippen molar-refractivity contribution in [3.05, 3.63) is 101 Å². The fourth-order valence-corrected chi connectivity index (χ4v) is 3.45. The number of halogens is 1. The van der Waals surface area contributed by atoms with E-state index in [4.69, 9.17) is 0 Å². The van der Waals surface area contributed by atoms with Crippen LogP contribution in [0.25, 0.3) is 0 Å². The molecule has 25 heavy (non-hydrogen) atoms. The lowest BCUT2D eigenvalue weighted by Gasteiger charge is -2.18. The first-order chi connectivity index (χ1) is 12.2. The zero-order valence-electron chi connectivity index (χ0n) is 13.7. The Labute approximate surface area is 146 Å². The van der Waals surface area contributed by atoms with Crippen molar-refractivity contribution < 1.29 is 9.18 Å². The number of carbonyl (C=O) groups is 1. The Balaban J connectivity index is 1.65. The second kappa shape index (κ2) is 6.52. The van der Waals surface area contributed by atoms with Crippen LogP contribution in [0.2, 0.25) is 0 Å². The van der Waals surface area contributed by atoms with Gasteiger partial charge in [-0.3, -0.25) is 4.79 Å². The minimum atomic E-state index is -0.257. The lowest BCUT2D eigenvalue weighted by atomic mass is 9.93. The van der Waals surface area contributed by atoms with Crippen LogP contribution in [0.15, 0.2) is 78.9 Å². The highest BCUT2D eigenvalue weighted by atomic mass is 19.1. The third-order valence-corrected chi connectivity index (χ3v) is 4.70. The first kappa shape index (κ1) is 15.6. The van der Waals surface area contributed by atoms with Crippen LogP contribution >= 0.6 is 0 Å². The summed E-state index contributed by atoms with van der Waals surface area (Å²) in [4.78, 5) is 14.9. The lowest BCUT2D eigenvalue weighted by Crippen LogP contribution is -2.28. The molecule has 1 aliphatic rings. The van der Waals surface area contributed by atoms with E-state index in [-0.39, 0.29) is 17.6 Å². The molecule has 3 heteroatoms. The molecule has 0 aliphatic carbocycles. The molecule has 4 rings (SSSR count). The van der Waals surface area contributed by atoms with Gasteiger partial charge in [0, 0.05) is 5.69 Å². The van der Waals surface area contributed by atoms with Crippen LogP contribution in [0.4, 0.5) is 10.1 Å². The molecule has 0 radical (unpaired) electrons. The number of para-hydroxylation sites is 1. The minimum Gasteiger partial charge on any atom is -0.307 e. The lowest BCUT2D eigenvalue weighted by molar-refractivity contribution is -0.119. The maximum absolute atomic E-state index is 13.1. The molecule has 0 spiro atoms. The average molecular weight is 331 g/mol. The molecule has 0 saturated carbocycles. The number of hydrogen-bond acceptors (Lipinski definition) is 1. The largest absolute Gasteiger partial charge is 0.307 e. The molecule has 2 nitrogen and oxygen atoms in total. The predicted octanol–water partition coefficient (Wildman–Crippen LogP) is 4.70. The van der Waals surface area contributed by atoms with Gasteiger partial charge in [0.05, 0.1) is 12.5 Å². The van der Waals surface area contributed by atoms with Crippen molar-refractivity contribution in [3.63, 3.8) is 0 Å². The van der Waals surface area contributed by atoms with Crippen LogP contribution in [0.5, 0.6) is 0 Å². The Morgan fingerprint density at radius 2 is 1.48 bits per heavy atom.